The fraction of sp³-hybridized carbons (Fsp3) is 0.0769. The Morgan fingerprint density at radius 1 is 1.00 bits per heavy atom. The predicted molar refractivity (Wildman–Crippen MR) is 128 cm³/mol. The Balaban J connectivity index is 1.51. The lowest BCUT2D eigenvalue weighted by Gasteiger charge is -2.13. The molecule has 0 unspecified atom stereocenters. The van der Waals surface area contributed by atoms with Gasteiger partial charge in [0.15, 0.2) is 5.58 Å². The molecule has 0 aliphatic carbocycles. The summed E-state index contributed by atoms with van der Waals surface area (Å²) in [6.07, 6.45) is 0. The first-order chi connectivity index (χ1) is 15.5. The Bertz CT molecular complexity index is 1490. The molecule has 0 saturated heterocycles. The monoisotopic (exact) mass is 442 g/mol. The van der Waals surface area contributed by atoms with E-state index in [1.54, 1.807) is 25.3 Å². The number of halogens is 1. The number of anilines is 1. The van der Waals surface area contributed by atoms with Gasteiger partial charge in [0.05, 0.1) is 12.7 Å². The van der Waals surface area contributed by atoms with E-state index in [0.29, 0.717) is 39.0 Å². The van der Waals surface area contributed by atoms with Crippen molar-refractivity contribution in [1.29, 1.82) is 0 Å². The van der Waals surface area contributed by atoms with E-state index in [9.17, 15) is 4.79 Å². The maximum absolute atomic E-state index is 13.2. The van der Waals surface area contributed by atoms with Crippen LogP contribution in [-0.2, 0) is 0 Å². The number of nitrogens with one attached hydrogen (secondary N) is 1. The summed E-state index contributed by atoms with van der Waals surface area (Å²) in [7, 11) is 1.56. The maximum Gasteiger partial charge on any atom is 0.259 e. The lowest BCUT2D eigenvalue weighted by Crippen LogP contribution is -2.14. The number of fused-ring (bicyclic) bond motifs is 2. The number of nitrogens with zero attached hydrogens (tertiary/aromatic N) is 1. The zero-order valence-corrected chi connectivity index (χ0v) is 18.2. The van der Waals surface area contributed by atoms with Crippen molar-refractivity contribution in [3.63, 3.8) is 0 Å². The number of ether oxygens (including phenoxy) is 1. The first-order valence-electron chi connectivity index (χ1n) is 10.1. The molecular formula is C26H19ClN2O3. The molecule has 0 radical (unpaired) electrons. The minimum absolute atomic E-state index is 0.253. The van der Waals surface area contributed by atoms with Crippen molar-refractivity contribution in [3.8, 4) is 17.2 Å². The van der Waals surface area contributed by atoms with Gasteiger partial charge in [-0.1, -0.05) is 41.9 Å². The van der Waals surface area contributed by atoms with Crippen LogP contribution in [0, 0.1) is 6.92 Å². The highest BCUT2D eigenvalue weighted by atomic mass is 35.5. The molecule has 0 bridgehead atoms. The molecule has 1 N–H and O–H groups in total. The van der Waals surface area contributed by atoms with E-state index in [2.05, 4.69) is 10.3 Å². The van der Waals surface area contributed by atoms with Gasteiger partial charge in [-0.2, -0.15) is 0 Å². The predicted octanol–water partition coefficient (Wildman–Crippen LogP) is 6.87. The molecule has 0 atom stereocenters. The third-order valence-electron chi connectivity index (χ3n) is 5.47. The van der Waals surface area contributed by atoms with Crippen molar-refractivity contribution in [2.45, 2.75) is 6.92 Å². The van der Waals surface area contributed by atoms with Crippen LogP contribution in [0.2, 0.25) is 5.02 Å². The van der Waals surface area contributed by atoms with Crippen molar-refractivity contribution < 1.29 is 13.9 Å². The van der Waals surface area contributed by atoms with Crippen LogP contribution < -0.4 is 10.1 Å². The molecule has 1 amide bonds. The Morgan fingerprint density at radius 2 is 1.78 bits per heavy atom. The fourth-order valence-corrected chi connectivity index (χ4v) is 3.94. The van der Waals surface area contributed by atoms with Crippen molar-refractivity contribution in [1.82, 2.24) is 4.98 Å². The van der Waals surface area contributed by atoms with Crippen molar-refractivity contribution in [3.05, 3.63) is 88.9 Å². The third-order valence-corrected chi connectivity index (χ3v) is 5.71. The van der Waals surface area contributed by atoms with E-state index >= 15 is 0 Å². The van der Waals surface area contributed by atoms with Crippen LogP contribution >= 0.6 is 11.6 Å². The quantitative estimate of drug-likeness (QED) is 0.330. The molecule has 5 aromatic rings. The summed E-state index contributed by atoms with van der Waals surface area (Å²) in [4.78, 5) is 17.7. The Hall–Kier alpha value is -3.83. The summed E-state index contributed by atoms with van der Waals surface area (Å²) in [5, 5.41) is 5.58. The zero-order valence-electron chi connectivity index (χ0n) is 17.5. The van der Waals surface area contributed by atoms with E-state index in [1.807, 2.05) is 61.5 Å². The number of hydrogen-bond donors (Lipinski definition) is 1. The van der Waals surface area contributed by atoms with Gasteiger partial charge in [-0.05, 0) is 65.7 Å². The summed E-state index contributed by atoms with van der Waals surface area (Å²) >= 11 is 6.07. The van der Waals surface area contributed by atoms with Crippen LogP contribution in [0.4, 0.5) is 5.69 Å². The van der Waals surface area contributed by atoms with Gasteiger partial charge >= 0.3 is 0 Å². The van der Waals surface area contributed by atoms with Gasteiger partial charge < -0.3 is 14.5 Å². The molecule has 0 fully saturated rings. The summed E-state index contributed by atoms with van der Waals surface area (Å²) in [5.74, 6) is 0.738. The van der Waals surface area contributed by atoms with E-state index < -0.39 is 0 Å². The number of hydrogen-bond acceptors (Lipinski definition) is 4. The normalized spacial score (nSPS) is 11.1. The number of aromatic nitrogens is 1. The zero-order chi connectivity index (χ0) is 22.2. The van der Waals surface area contributed by atoms with Gasteiger partial charge in [0.25, 0.3) is 5.91 Å². The highest BCUT2D eigenvalue weighted by Gasteiger charge is 2.17. The molecule has 0 saturated carbocycles. The first kappa shape index (κ1) is 20.1. The molecule has 32 heavy (non-hydrogen) atoms. The number of oxazole rings is 1. The van der Waals surface area contributed by atoms with Crippen molar-refractivity contribution >= 4 is 45.1 Å². The number of benzene rings is 4. The number of methoxy groups -OCH3 is 1. The molecule has 4 aromatic carbocycles. The largest absolute Gasteiger partial charge is 0.496 e. The molecular weight excluding hydrogens is 424 g/mol. The Morgan fingerprint density at radius 3 is 2.56 bits per heavy atom. The van der Waals surface area contributed by atoms with Gasteiger partial charge in [-0.15, -0.1) is 0 Å². The molecule has 0 spiro atoms. The summed E-state index contributed by atoms with van der Waals surface area (Å²) < 4.78 is 11.4. The molecule has 5 rings (SSSR count). The molecule has 0 aliphatic rings. The van der Waals surface area contributed by atoms with Gasteiger partial charge in [-0.25, -0.2) is 4.98 Å². The Labute approximate surface area is 189 Å². The maximum atomic E-state index is 13.2. The van der Waals surface area contributed by atoms with Crippen molar-refractivity contribution in [2.75, 3.05) is 12.4 Å². The standard InChI is InChI=1S/C26H19ClN2O3/c1-15-19(26-29-22-14-18(27)10-11-23(22)32-26)8-5-9-21(15)28-25(30)20-12-16-6-3-4-7-17(16)13-24(20)31-2/h3-14H,1-2H3,(H,28,30). The second-order valence-electron chi connectivity index (χ2n) is 7.46. The van der Waals surface area contributed by atoms with Crippen LogP contribution in [0.3, 0.4) is 0 Å². The molecule has 5 nitrogen and oxygen atoms in total. The van der Waals surface area contributed by atoms with Gasteiger partial charge in [-0.3, -0.25) is 4.79 Å². The second-order valence-corrected chi connectivity index (χ2v) is 7.90. The van der Waals surface area contributed by atoms with E-state index in [-0.39, 0.29) is 5.91 Å². The van der Waals surface area contributed by atoms with Crippen LogP contribution in [-0.4, -0.2) is 18.0 Å². The van der Waals surface area contributed by atoms with Gasteiger partial charge in [0.2, 0.25) is 5.89 Å². The topological polar surface area (TPSA) is 64.4 Å². The van der Waals surface area contributed by atoms with Gasteiger partial charge in [0, 0.05) is 16.3 Å². The molecule has 0 aliphatic heterocycles. The third kappa shape index (κ3) is 3.57. The van der Waals surface area contributed by atoms with Crippen LogP contribution in [0.25, 0.3) is 33.3 Å². The molecule has 1 aromatic heterocycles. The Kier molecular flexibility index (Phi) is 5.04. The number of carbonyl (C=O) groups excluding carboxylic acids is 1. The fourth-order valence-electron chi connectivity index (χ4n) is 3.77. The van der Waals surface area contributed by atoms with E-state index in [0.717, 1.165) is 21.9 Å². The van der Waals surface area contributed by atoms with Crippen molar-refractivity contribution in [2.24, 2.45) is 0 Å². The molecule has 158 valence electrons. The summed E-state index contributed by atoms with van der Waals surface area (Å²) in [5.41, 5.74) is 4.11. The molecule has 6 heteroatoms. The van der Waals surface area contributed by atoms with Gasteiger partial charge in [0.1, 0.15) is 11.3 Å². The van der Waals surface area contributed by atoms with Crippen LogP contribution in [0.1, 0.15) is 15.9 Å². The van der Waals surface area contributed by atoms with E-state index in [4.69, 9.17) is 20.8 Å². The van der Waals surface area contributed by atoms with E-state index in [1.165, 1.54) is 0 Å². The first-order valence-corrected chi connectivity index (χ1v) is 10.5. The smallest absolute Gasteiger partial charge is 0.259 e. The average Bonchev–Trinajstić information content (AvgIpc) is 3.22. The highest BCUT2D eigenvalue weighted by molar-refractivity contribution is 6.31. The minimum Gasteiger partial charge on any atom is -0.496 e. The SMILES string of the molecule is COc1cc2ccccc2cc1C(=O)Nc1cccc(-c2nc3cc(Cl)ccc3o2)c1C. The van der Waals surface area contributed by atoms with Crippen LogP contribution in [0.15, 0.2) is 77.2 Å². The lowest BCUT2D eigenvalue weighted by molar-refractivity contribution is 0.102. The lowest BCUT2D eigenvalue weighted by atomic mass is 10.0. The number of rotatable bonds is 4. The summed E-state index contributed by atoms with van der Waals surface area (Å²) in [6, 6.07) is 22.5. The summed E-state index contributed by atoms with van der Waals surface area (Å²) in [6.45, 7) is 1.92. The average molecular weight is 443 g/mol. The number of amides is 1. The highest BCUT2D eigenvalue weighted by Crippen LogP contribution is 2.32. The number of carbonyl (C=O) groups is 1. The second kappa shape index (κ2) is 8.02. The minimum atomic E-state index is -0.253. The van der Waals surface area contributed by atoms with Crippen LogP contribution in [0.5, 0.6) is 5.75 Å². The molecule has 1 heterocycles.